The Morgan fingerprint density at radius 3 is 2.91 bits per heavy atom. The fourth-order valence-corrected chi connectivity index (χ4v) is 5.58. The third-order valence-corrected chi connectivity index (χ3v) is 7.56. The van der Waals surface area contributed by atoms with Gasteiger partial charge in [-0.2, -0.15) is 10.1 Å². The highest BCUT2D eigenvalue weighted by molar-refractivity contribution is 7.22. The number of rotatable bonds is 5. The molecule has 0 saturated carbocycles. The van der Waals surface area contributed by atoms with E-state index < -0.39 is 0 Å². The number of para-hydroxylation sites is 1. The van der Waals surface area contributed by atoms with Gasteiger partial charge in [-0.25, -0.2) is 4.68 Å². The molecule has 1 amide bonds. The molecule has 2 aliphatic rings. The fraction of sp³-hybridized carbons (Fsp3) is 0.320. The normalized spacial score (nSPS) is 17.3. The third kappa shape index (κ3) is 3.86. The molecule has 1 saturated heterocycles. The summed E-state index contributed by atoms with van der Waals surface area (Å²) in [6.45, 7) is 4.31. The molecule has 0 spiro atoms. The Morgan fingerprint density at radius 2 is 2.03 bits per heavy atom. The second kappa shape index (κ2) is 8.64. The van der Waals surface area contributed by atoms with Gasteiger partial charge in [0, 0.05) is 19.6 Å². The maximum absolute atomic E-state index is 13.0. The van der Waals surface area contributed by atoms with Crippen LogP contribution in [0.3, 0.4) is 0 Å². The molecule has 4 heterocycles. The SMILES string of the molecule is Cc1nn(-c2ccccc2)c2nc(N3CCC[C@@H](C(=O)NCc4ccc5c(c4)OCO5)C3)sc12. The van der Waals surface area contributed by atoms with Gasteiger partial charge < -0.3 is 19.7 Å². The van der Waals surface area contributed by atoms with Crippen LogP contribution in [0.1, 0.15) is 24.1 Å². The van der Waals surface area contributed by atoms with Crippen molar-refractivity contribution in [1.82, 2.24) is 20.1 Å². The van der Waals surface area contributed by atoms with Gasteiger partial charge in [0.2, 0.25) is 12.7 Å². The van der Waals surface area contributed by atoms with E-state index in [1.54, 1.807) is 11.3 Å². The Balaban J connectivity index is 1.15. The van der Waals surface area contributed by atoms with E-state index in [-0.39, 0.29) is 18.6 Å². The smallest absolute Gasteiger partial charge is 0.231 e. The van der Waals surface area contributed by atoms with Crippen molar-refractivity contribution >= 4 is 32.7 Å². The number of thiazole rings is 1. The summed E-state index contributed by atoms with van der Waals surface area (Å²) in [5.74, 6) is 1.49. The molecule has 1 fully saturated rings. The Kier molecular flexibility index (Phi) is 5.33. The lowest BCUT2D eigenvalue weighted by Gasteiger charge is -2.31. The van der Waals surface area contributed by atoms with Crippen molar-refractivity contribution in [1.29, 1.82) is 0 Å². The number of carbonyl (C=O) groups is 1. The predicted octanol–water partition coefficient (Wildman–Crippen LogP) is 4.05. The molecular formula is C25H25N5O3S. The zero-order chi connectivity index (χ0) is 23.1. The van der Waals surface area contributed by atoms with Crippen molar-refractivity contribution in [3.8, 4) is 17.2 Å². The minimum Gasteiger partial charge on any atom is -0.454 e. The van der Waals surface area contributed by atoms with E-state index in [4.69, 9.17) is 14.5 Å². The number of hydrogen-bond donors (Lipinski definition) is 1. The average Bonchev–Trinajstić information content (AvgIpc) is 3.59. The van der Waals surface area contributed by atoms with Gasteiger partial charge in [-0.15, -0.1) is 0 Å². The van der Waals surface area contributed by atoms with E-state index in [0.717, 1.165) is 63.3 Å². The summed E-state index contributed by atoms with van der Waals surface area (Å²) in [4.78, 5) is 20.2. The van der Waals surface area contributed by atoms with Crippen LogP contribution in [0.2, 0.25) is 0 Å². The number of amides is 1. The number of carbonyl (C=O) groups excluding carboxylic acids is 1. The molecule has 0 bridgehead atoms. The summed E-state index contributed by atoms with van der Waals surface area (Å²) in [6.07, 6.45) is 1.84. The third-order valence-electron chi connectivity index (χ3n) is 6.34. The van der Waals surface area contributed by atoms with Crippen LogP contribution in [0.5, 0.6) is 11.5 Å². The summed E-state index contributed by atoms with van der Waals surface area (Å²) in [5, 5.41) is 8.74. The maximum Gasteiger partial charge on any atom is 0.231 e. The fourth-order valence-electron chi connectivity index (χ4n) is 4.56. The molecule has 0 unspecified atom stereocenters. The molecule has 2 aliphatic heterocycles. The lowest BCUT2D eigenvalue weighted by Crippen LogP contribution is -2.43. The van der Waals surface area contributed by atoms with Crippen molar-refractivity contribution in [2.75, 3.05) is 24.8 Å². The van der Waals surface area contributed by atoms with Gasteiger partial charge in [0.25, 0.3) is 0 Å². The summed E-state index contributed by atoms with van der Waals surface area (Å²) >= 11 is 1.66. The molecule has 4 aromatic rings. The van der Waals surface area contributed by atoms with Crippen LogP contribution >= 0.6 is 11.3 Å². The Bertz CT molecular complexity index is 1350. The van der Waals surface area contributed by atoms with Crippen LogP contribution in [-0.2, 0) is 11.3 Å². The van der Waals surface area contributed by atoms with Crippen molar-refractivity contribution in [2.45, 2.75) is 26.3 Å². The molecule has 2 aromatic heterocycles. The minimum atomic E-state index is -0.0681. The number of hydrogen-bond acceptors (Lipinski definition) is 7. The molecule has 8 nitrogen and oxygen atoms in total. The highest BCUT2D eigenvalue weighted by Gasteiger charge is 2.28. The van der Waals surface area contributed by atoms with Crippen LogP contribution in [0.15, 0.2) is 48.5 Å². The quantitative estimate of drug-likeness (QED) is 0.469. The molecule has 9 heteroatoms. The average molecular weight is 476 g/mol. The number of fused-ring (bicyclic) bond motifs is 2. The number of piperidine rings is 1. The van der Waals surface area contributed by atoms with Gasteiger partial charge in [-0.3, -0.25) is 4.79 Å². The van der Waals surface area contributed by atoms with Gasteiger partial charge in [0.05, 0.1) is 22.0 Å². The maximum atomic E-state index is 13.0. The van der Waals surface area contributed by atoms with Crippen molar-refractivity contribution in [3.63, 3.8) is 0 Å². The van der Waals surface area contributed by atoms with E-state index in [2.05, 4.69) is 15.3 Å². The zero-order valence-electron chi connectivity index (χ0n) is 18.9. The second-order valence-electron chi connectivity index (χ2n) is 8.67. The second-order valence-corrected chi connectivity index (χ2v) is 9.65. The highest BCUT2D eigenvalue weighted by Crippen LogP contribution is 2.35. The van der Waals surface area contributed by atoms with Crippen LogP contribution in [-0.4, -0.2) is 40.6 Å². The van der Waals surface area contributed by atoms with Gasteiger partial charge in [-0.05, 0) is 49.6 Å². The van der Waals surface area contributed by atoms with Gasteiger partial charge in [0.15, 0.2) is 22.3 Å². The zero-order valence-corrected chi connectivity index (χ0v) is 19.7. The Morgan fingerprint density at radius 1 is 1.18 bits per heavy atom. The molecule has 2 aromatic carbocycles. The monoisotopic (exact) mass is 475 g/mol. The van der Waals surface area contributed by atoms with E-state index >= 15 is 0 Å². The highest BCUT2D eigenvalue weighted by atomic mass is 32.1. The van der Waals surface area contributed by atoms with Crippen LogP contribution < -0.4 is 19.7 Å². The number of nitrogens with zero attached hydrogens (tertiary/aromatic N) is 4. The number of anilines is 1. The minimum absolute atomic E-state index is 0.0681. The first-order valence-corrected chi connectivity index (χ1v) is 12.3. The molecule has 6 rings (SSSR count). The first kappa shape index (κ1) is 21.0. The van der Waals surface area contributed by atoms with Crippen LogP contribution in [0.25, 0.3) is 16.0 Å². The largest absolute Gasteiger partial charge is 0.454 e. The van der Waals surface area contributed by atoms with Crippen molar-refractivity contribution in [3.05, 3.63) is 59.8 Å². The van der Waals surface area contributed by atoms with Gasteiger partial charge in [0.1, 0.15) is 0 Å². The Labute approximate surface area is 201 Å². The molecule has 34 heavy (non-hydrogen) atoms. The number of aryl methyl sites for hydroxylation is 1. The van der Waals surface area contributed by atoms with E-state index in [9.17, 15) is 4.79 Å². The first-order chi connectivity index (χ1) is 16.7. The summed E-state index contributed by atoms with van der Waals surface area (Å²) in [6, 6.07) is 15.8. The number of benzene rings is 2. The molecule has 0 aliphatic carbocycles. The molecule has 174 valence electrons. The molecule has 0 radical (unpaired) electrons. The first-order valence-electron chi connectivity index (χ1n) is 11.5. The summed E-state index contributed by atoms with van der Waals surface area (Å²) < 4.78 is 13.8. The summed E-state index contributed by atoms with van der Waals surface area (Å²) in [7, 11) is 0. The topological polar surface area (TPSA) is 81.5 Å². The molecule has 1 atom stereocenters. The van der Waals surface area contributed by atoms with Gasteiger partial charge >= 0.3 is 0 Å². The van der Waals surface area contributed by atoms with Crippen molar-refractivity contribution in [2.24, 2.45) is 5.92 Å². The Hall–Kier alpha value is -3.59. The molecule has 1 N–H and O–H groups in total. The van der Waals surface area contributed by atoms with Crippen LogP contribution in [0.4, 0.5) is 5.13 Å². The van der Waals surface area contributed by atoms with Crippen LogP contribution in [0, 0.1) is 12.8 Å². The van der Waals surface area contributed by atoms with Crippen molar-refractivity contribution < 1.29 is 14.3 Å². The standard InChI is InChI=1S/C25H25N5O3S/c1-16-22-23(30(28-16)19-7-3-2-4-8-19)27-25(34-22)29-11-5-6-18(14-29)24(31)26-13-17-9-10-20-21(12-17)33-15-32-20/h2-4,7-10,12,18H,5-6,11,13-15H2,1H3,(H,26,31)/t18-/m1/s1. The number of ether oxygens (including phenoxy) is 2. The van der Waals surface area contributed by atoms with Gasteiger partial charge in [-0.1, -0.05) is 35.6 Å². The number of aromatic nitrogens is 3. The number of nitrogens with one attached hydrogen (secondary N) is 1. The van der Waals surface area contributed by atoms with E-state index in [1.807, 2.05) is 60.1 Å². The lowest BCUT2D eigenvalue weighted by molar-refractivity contribution is -0.125. The predicted molar refractivity (Wildman–Crippen MR) is 131 cm³/mol. The molecular weight excluding hydrogens is 450 g/mol. The van der Waals surface area contributed by atoms with E-state index in [0.29, 0.717) is 13.1 Å². The van der Waals surface area contributed by atoms with E-state index in [1.165, 1.54) is 0 Å². The summed E-state index contributed by atoms with van der Waals surface area (Å²) in [5.41, 5.74) is 3.84. The lowest BCUT2D eigenvalue weighted by atomic mass is 9.97.